The van der Waals surface area contributed by atoms with Crippen LogP contribution in [0.15, 0.2) is 18.2 Å². The van der Waals surface area contributed by atoms with Crippen LogP contribution in [-0.2, 0) is 4.79 Å². The lowest BCUT2D eigenvalue weighted by molar-refractivity contribution is -0.123. The van der Waals surface area contributed by atoms with Crippen LogP contribution in [0.3, 0.4) is 0 Å². The smallest absolute Gasteiger partial charge is 0.230 e. The molecule has 0 spiro atoms. The third-order valence-electron chi connectivity index (χ3n) is 5.11. The van der Waals surface area contributed by atoms with E-state index in [2.05, 4.69) is 15.0 Å². The fourth-order valence-electron chi connectivity index (χ4n) is 3.68. The fraction of sp³-hybridized carbons (Fsp3) is 0.389. The second-order valence-corrected chi connectivity index (χ2v) is 8.76. The van der Waals surface area contributed by atoms with E-state index in [0.717, 1.165) is 10.4 Å². The number of nitrogens with two attached hydrogens (primary N) is 1. The van der Waals surface area contributed by atoms with Gasteiger partial charge >= 0.3 is 0 Å². The molecule has 1 aromatic carbocycles. The van der Waals surface area contributed by atoms with E-state index >= 15 is 0 Å². The van der Waals surface area contributed by atoms with Gasteiger partial charge in [0.2, 0.25) is 16.7 Å². The molecule has 2 aromatic heterocycles. The molecule has 4 rings (SSSR count). The van der Waals surface area contributed by atoms with Gasteiger partial charge in [-0.05, 0) is 50.6 Å². The van der Waals surface area contributed by atoms with Crippen LogP contribution in [0.5, 0.6) is 5.88 Å². The number of fused-ring (bicyclic) bond motifs is 1. The molecule has 1 atom stereocenters. The Kier molecular flexibility index (Phi) is 5.22. The summed E-state index contributed by atoms with van der Waals surface area (Å²) in [6.45, 7) is 3.12. The lowest BCUT2D eigenvalue weighted by atomic mass is 9.93. The standard InChI is InChI=1S/C18H19Cl2N5O2S/c1-9-22-18-25(23-9)17(27)15(28-18)14(11-2-3-12(19)13(20)8-11)24-6-4-10(5-7-24)16(21)26/h2-3,8,10,14,27H,4-7H2,1H3,(H2,21,26)/t14-/m0/s1. The molecule has 0 radical (unpaired) electrons. The van der Waals surface area contributed by atoms with Crippen molar-refractivity contribution in [1.29, 1.82) is 0 Å². The number of carbonyl (C=O) groups is 1. The van der Waals surface area contributed by atoms with Crippen LogP contribution in [0.1, 0.15) is 35.1 Å². The van der Waals surface area contributed by atoms with Gasteiger partial charge in [-0.2, -0.15) is 4.52 Å². The molecule has 1 aliphatic rings. The van der Waals surface area contributed by atoms with E-state index in [1.54, 1.807) is 13.0 Å². The molecule has 0 unspecified atom stereocenters. The number of carbonyl (C=O) groups excluding carboxylic acids is 1. The fourth-order valence-corrected chi connectivity index (χ4v) is 5.15. The van der Waals surface area contributed by atoms with E-state index in [1.165, 1.54) is 15.9 Å². The second kappa shape index (κ2) is 7.51. The molecule has 3 aromatic rings. The van der Waals surface area contributed by atoms with Crippen molar-refractivity contribution in [2.24, 2.45) is 11.7 Å². The van der Waals surface area contributed by atoms with Crippen molar-refractivity contribution in [3.8, 4) is 5.88 Å². The van der Waals surface area contributed by atoms with Gasteiger partial charge in [0.1, 0.15) is 5.82 Å². The van der Waals surface area contributed by atoms with Crippen LogP contribution < -0.4 is 5.73 Å². The molecule has 1 saturated heterocycles. The Morgan fingerprint density at radius 1 is 1.32 bits per heavy atom. The maximum absolute atomic E-state index is 11.5. The SMILES string of the molecule is Cc1nc2sc([C@H](c3ccc(Cl)c(Cl)c3)N3CCC(C(N)=O)CC3)c(O)n2n1. The molecule has 28 heavy (non-hydrogen) atoms. The van der Waals surface area contributed by atoms with Crippen LogP contribution in [0, 0.1) is 12.8 Å². The third kappa shape index (κ3) is 3.45. The summed E-state index contributed by atoms with van der Waals surface area (Å²) in [5, 5.41) is 16.0. The number of primary amides is 1. The maximum atomic E-state index is 11.5. The zero-order chi connectivity index (χ0) is 20.0. The first-order chi connectivity index (χ1) is 13.3. The summed E-state index contributed by atoms with van der Waals surface area (Å²) in [6, 6.07) is 5.22. The molecule has 1 aliphatic heterocycles. The van der Waals surface area contributed by atoms with Crippen molar-refractivity contribution in [2.45, 2.75) is 25.8 Å². The third-order valence-corrected chi connectivity index (χ3v) is 6.92. The number of thiazole rings is 1. The highest BCUT2D eigenvalue weighted by molar-refractivity contribution is 7.17. The Bertz CT molecular complexity index is 1040. The number of aromatic hydroxyl groups is 1. The number of hydrogen-bond donors (Lipinski definition) is 2. The number of benzene rings is 1. The number of aromatic nitrogens is 3. The summed E-state index contributed by atoms with van der Waals surface area (Å²) < 4.78 is 1.45. The number of rotatable bonds is 4. The van der Waals surface area contributed by atoms with E-state index in [4.69, 9.17) is 28.9 Å². The van der Waals surface area contributed by atoms with Crippen LogP contribution in [-0.4, -0.2) is 43.6 Å². The highest BCUT2D eigenvalue weighted by Gasteiger charge is 2.33. The minimum absolute atomic E-state index is 0.0636. The van der Waals surface area contributed by atoms with Gasteiger partial charge in [-0.15, -0.1) is 5.10 Å². The number of halogens is 2. The highest BCUT2D eigenvalue weighted by atomic mass is 35.5. The molecular formula is C18H19Cl2N5O2S. The van der Waals surface area contributed by atoms with Gasteiger partial charge in [0.05, 0.1) is 21.0 Å². The molecule has 1 amide bonds. The predicted octanol–water partition coefficient (Wildman–Crippen LogP) is 3.40. The van der Waals surface area contributed by atoms with Gasteiger partial charge in [0, 0.05) is 5.92 Å². The minimum Gasteiger partial charge on any atom is -0.492 e. The summed E-state index contributed by atoms with van der Waals surface area (Å²) in [6.07, 6.45) is 1.35. The summed E-state index contributed by atoms with van der Waals surface area (Å²) >= 11 is 13.8. The summed E-state index contributed by atoms with van der Waals surface area (Å²) in [7, 11) is 0. The molecule has 7 nitrogen and oxygen atoms in total. The number of hydrogen-bond acceptors (Lipinski definition) is 6. The average molecular weight is 440 g/mol. The first-order valence-corrected chi connectivity index (χ1v) is 10.5. The topological polar surface area (TPSA) is 96.8 Å². The number of nitrogens with zero attached hydrogens (tertiary/aromatic N) is 4. The van der Waals surface area contributed by atoms with Gasteiger partial charge in [-0.25, -0.2) is 4.98 Å². The number of likely N-dealkylation sites (tertiary alicyclic amines) is 1. The Balaban J connectivity index is 1.76. The van der Waals surface area contributed by atoms with Crippen molar-refractivity contribution < 1.29 is 9.90 Å². The second-order valence-electron chi connectivity index (χ2n) is 6.93. The van der Waals surface area contributed by atoms with E-state index in [-0.39, 0.29) is 23.7 Å². The molecule has 3 N–H and O–H groups in total. The average Bonchev–Trinajstić information content (AvgIpc) is 3.16. The Hall–Kier alpha value is -1.87. The lowest BCUT2D eigenvalue weighted by Gasteiger charge is -2.36. The Labute approximate surface area is 175 Å². The minimum atomic E-state index is -0.261. The van der Waals surface area contributed by atoms with Crippen molar-refractivity contribution in [3.63, 3.8) is 0 Å². The van der Waals surface area contributed by atoms with Gasteiger partial charge < -0.3 is 10.8 Å². The number of piperidine rings is 1. The zero-order valence-corrected chi connectivity index (χ0v) is 17.4. The zero-order valence-electron chi connectivity index (χ0n) is 15.1. The molecule has 148 valence electrons. The summed E-state index contributed by atoms with van der Waals surface area (Å²) in [4.78, 5) is 19.5. The molecular weight excluding hydrogens is 421 g/mol. The van der Waals surface area contributed by atoms with E-state index in [0.29, 0.717) is 46.8 Å². The first-order valence-electron chi connectivity index (χ1n) is 8.88. The largest absolute Gasteiger partial charge is 0.492 e. The Morgan fingerprint density at radius 3 is 2.64 bits per heavy atom. The summed E-state index contributed by atoms with van der Waals surface area (Å²) in [5.74, 6) is 0.280. The van der Waals surface area contributed by atoms with Gasteiger partial charge in [-0.3, -0.25) is 9.69 Å². The van der Waals surface area contributed by atoms with Crippen LogP contribution in [0.25, 0.3) is 4.96 Å². The molecule has 0 saturated carbocycles. The van der Waals surface area contributed by atoms with Crippen molar-refractivity contribution in [1.82, 2.24) is 19.5 Å². The van der Waals surface area contributed by atoms with Crippen molar-refractivity contribution in [3.05, 3.63) is 44.5 Å². The lowest BCUT2D eigenvalue weighted by Crippen LogP contribution is -2.40. The maximum Gasteiger partial charge on any atom is 0.230 e. The van der Waals surface area contributed by atoms with Crippen molar-refractivity contribution >= 4 is 45.4 Å². The Morgan fingerprint density at radius 2 is 2.04 bits per heavy atom. The number of amides is 1. The monoisotopic (exact) mass is 439 g/mol. The van der Waals surface area contributed by atoms with Gasteiger partial charge in [-0.1, -0.05) is 40.6 Å². The van der Waals surface area contributed by atoms with Gasteiger partial charge in [0.15, 0.2) is 0 Å². The van der Waals surface area contributed by atoms with Crippen LogP contribution in [0.2, 0.25) is 10.0 Å². The molecule has 1 fully saturated rings. The van der Waals surface area contributed by atoms with Gasteiger partial charge in [0.25, 0.3) is 0 Å². The first kappa shape index (κ1) is 19.4. The van der Waals surface area contributed by atoms with E-state index in [9.17, 15) is 9.90 Å². The van der Waals surface area contributed by atoms with Crippen LogP contribution in [0.4, 0.5) is 0 Å². The van der Waals surface area contributed by atoms with E-state index < -0.39 is 0 Å². The normalized spacial score (nSPS) is 17.2. The summed E-state index contributed by atoms with van der Waals surface area (Å²) in [5.41, 5.74) is 6.38. The van der Waals surface area contributed by atoms with Crippen LogP contribution >= 0.6 is 34.5 Å². The predicted molar refractivity (Wildman–Crippen MR) is 109 cm³/mol. The molecule has 10 heteroatoms. The molecule has 0 bridgehead atoms. The van der Waals surface area contributed by atoms with E-state index in [1.807, 2.05) is 12.1 Å². The molecule has 3 heterocycles. The quantitative estimate of drug-likeness (QED) is 0.648. The van der Waals surface area contributed by atoms with Crippen molar-refractivity contribution in [2.75, 3.05) is 13.1 Å². The highest BCUT2D eigenvalue weighted by Crippen LogP contribution is 2.42. The molecule has 0 aliphatic carbocycles. The number of aryl methyl sites for hydroxylation is 1.